The molecule has 0 amide bonds. The summed E-state index contributed by atoms with van der Waals surface area (Å²) in [5.74, 6) is 0. The van der Waals surface area contributed by atoms with Crippen LogP contribution in [0.2, 0.25) is 0 Å². The zero-order valence-electron chi connectivity index (χ0n) is 12.3. The Labute approximate surface area is 126 Å². The summed E-state index contributed by atoms with van der Waals surface area (Å²) in [4.78, 5) is 0. The van der Waals surface area contributed by atoms with E-state index in [9.17, 15) is 5.11 Å². The van der Waals surface area contributed by atoms with Crippen molar-refractivity contribution in [1.82, 2.24) is 0 Å². The fraction of sp³-hybridized carbons (Fsp3) is 0.368. The van der Waals surface area contributed by atoms with Crippen molar-refractivity contribution in [2.24, 2.45) is 0 Å². The molecule has 0 aliphatic heterocycles. The molecule has 21 heavy (non-hydrogen) atoms. The molecule has 0 radical (unpaired) electrons. The lowest BCUT2D eigenvalue weighted by Gasteiger charge is -2.40. The van der Waals surface area contributed by atoms with Crippen LogP contribution in [0.25, 0.3) is 0 Å². The van der Waals surface area contributed by atoms with Crippen LogP contribution >= 0.6 is 0 Å². The lowest BCUT2D eigenvalue weighted by molar-refractivity contribution is -0.0143. The summed E-state index contributed by atoms with van der Waals surface area (Å²) in [6.07, 6.45) is 5.18. The predicted octanol–water partition coefficient (Wildman–Crippen LogP) is 4.54. The van der Waals surface area contributed by atoms with Crippen LogP contribution in [0.3, 0.4) is 0 Å². The largest absolute Gasteiger partial charge is 0.387 e. The Bertz CT molecular complexity index is 546. The molecule has 0 spiro atoms. The second-order valence-electron chi connectivity index (χ2n) is 6.02. The molecule has 0 heterocycles. The van der Waals surface area contributed by atoms with E-state index >= 15 is 0 Å². The quantitative estimate of drug-likeness (QED) is 0.862. The first-order chi connectivity index (χ1) is 10.3. The molecule has 2 aromatic rings. The summed E-state index contributed by atoms with van der Waals surface area (Å²) < 4.78 is 0. The third-order valence-electron chi connectivity index (χ3n) is 4.47. The van der Waals surface area contributed by atoms with Crippen LogP contribution in [-0.2, 0) is 0 Å². The average Bonchev–Trinajstić information content (AvgIpc) is 2.55. The molecule has 2 N–H and O–H groups in total. The van der Waals surface area contributed by atoms with Gasteiger partial charge in [0.05, 0.1) is 11.6 Å². The Morgan fingerprint density at radius 2 is 1.38 bits per heavy atom. The predicted molar refractivity (Wildman–Crippen MR) is 87.3 cm³/mol. The number of para-hydroxylation sites is 1. The number of anilines is 1. The molecule has 0 aromatic heterocycles. The summed E-state index contributed by atoms with van der Waals surface area (Å²) in [6.45, 7) is 0. The minimum Gasteiger partial charge on any atom is -0.387 e. The van der Waals surface area contributed by atoms with E-state index in [1.54, 1.807) is 0 Å². The number of rotatable bonds is 4. The van der Waals surface area contributed by atoms with Crippen molar-refractivity contribution in [3.05, 3.63) is 66.2 Å². The van der Waals surface area contributed by atoms with Crippen LogP contribution in [0.15, 0.2) is 60.7 Å². The Morgan fingerprint density at radius 3 is 2.00 bits per heavy atom. The van der Waals surface area contributed by atoms with Gasteiger partial charge in [-0.25, -0.2) is 0 Å². The smallest absolute Gasteiger partial charge is 0.0889 e. The molecule has 2 heteroatoms. The molecule has 0 bridgehead atoms. The summed E-state index contributed by atoms with van der Waals surface area (Å²) in [5.41, 5.74) is 1.56. The summed E-state index contributed by atoms with van der Waals surface area (Å²) >= 11 is 0. The molecule has 2 aromatic carbocycles. The first-order valence-corrected chi connectivity index (χ1v) is 7.87. The molecule has 2 nitrogen and oxygen atoms in total. The molecule has 1 unspecified atom stereocenters. The molecule has 1 fully saturated rings. The lowest BCUT2D eigenvalue weighted by Crippen LogP contribution is -2.42. The zero-order valence-corrected chi connectivity index (χ0v) is 12.3. The van der Waals surface area contributed by atoms with E-state index in [1.165, 1.54) is 6.42 Å². The van der Waals surface area contributed by atoms with Crippen molar-refractivity contribution in [3.63, 3.8) is 0 Å². The standard InChI is InChI=1S/C19H23NO/c21-19(14-8-3-9-15-19)18(16-10-4-1-5-11-16)20-17-12-6-2-7-13-17/h1-2,4-7,10-13,18,20-21H,3,8-9,14-15H2. The van der Waals surface area contributed by atoms with E-state index in [1.807, 2.05) is 36.4 Å². The first kappa shape index (κ1) is 14.2. The third-order valence-corrected chi connectivity index (χ3v) is 4.47. The number of benzene rings is 2. The summed E-state index contributed by atoms with van der Waals surface area (Å²) in [6, 6.07) is 20.4. The van der Waals surface area contributed by atoms with Gasteiger partial charge in [-0.15, -0.1) is 0 Å². The number of hydrogen-bond acceptors (Lipinski definition) is 2. The number of aliphatic hydroxyl groups is 1. The van der Waals surface area contributed by atoms with Gasteiger partial charge in [0.15, 0.2) is 0 Å². The van der Waals surface area contributed by atoms with Gasteiger partial charge in [0.25, 0.3) is 0 Å². The molecular formula is C19H23NO. The second-order valence-corrected chi connectivity index (χ2v) is 6.02. The van der Waals surface area contributed by atoms with Crippen molar-refractivity contribution in [2.45, 2.75) is 43.7 Å². The van der Waals surface area contributed by atoms with Gasteiger partial charge >= 0.3 is 0 Å². The van der Waals surface area contributed by atoms with E-state index in [-0.39, 0.29) is 6.04 Å². The molecule has 1 aliphatic rings. The van der Waals surface area contributed by atoms with Crippen molar-refractivity contribution >= 4 is 5.69 Å². The van der Waals surface area contributed by atoms with E-state index < -0.39 is 5.60 Å². The maximum atomic E-state index is 11.2. The van der Waals surface area contributed by atoms with Gasteiger partial charge < -0.3 is 10.4 Å². The van der Waals surface area contributed by atoms with Gasteiger partial charge in [-0.05, 0) is 30.5 Å². The first-order valence-electron chi connectivity index (χ1n) is 7.87. The fourth-order valence-corrected chi connectivity index (χ4v) is 3.33. The number of hydrogen-bond donors (Lipinski definition) is 2. The highest BCUT2D eigenvalue weighted by Crippen LogP contribution is 2.40. The van der Waals surface area contributed by atoms with Gasteiger partial charge in [-0.3, -0.25) is 0 Å². The molecule has 0 saturated heterocycles. The zero-order chi connectivity index (χ0) is 14.5. The molecule has 1 atom stereocenters. The van der Waals surface area contributed by atoms with Gasteiger partial charge in [0.2, 0.25) is 0 Å². The van der Waals surface area contributed by atoms with Crippen molar-refractivity contribution in [2.75, 3.05) is 5.32 Å². The molecule has 1 saturated carbocycles. The van der Waals surface area contributed by atoms with Gasteiger partial charge in [0.1, 0.15) is 0 Å². The van der Waals surface area contributed by atoms with Crippen LogP contribution in [0.1, 0.15) is 43.7 Å². The lowest BCUT2D eigenvalue weighted by atomic mass is 9.77. The van der Waals surface area contributed by atoms with E-state index in [2.05, 4.69) is 29.6 Å². The normalized spacial score (nSPS) is 18.9. The molecular weight excluding hydrogens is 258 g/mol. The monoisotopic (exact) mass is 281 g/mol. The van der Waals surface area contributed by atoms with Gasteiger partial charge in [0, 0.05) is 5.69 Å². The highest BCUT2D eigenvalue weighted by molar-refractivity contribution is 5.46. The minimum absolute atomic E-state index is 0.0543. The Kier molecular flexibility index (Phi) is 4.26. The van der Waals surface area contributed by atoms with E-state index in [0.717, 1.165) is 36.9 Å². The summed E-state index contributed by atoms with van der Waals surface area (Å²) in [5, 5.41) is 14.7. The highest BCUT2D eigenvalue weighted by Gasteiger charge is 2.38. The van der Waals surface area contributed by atoms with Crippen LogP contribution in [0.4, 0.5) is 5.69 Å². The van der Waals surface area contributed by atoms with Crippen LogP contribution in [0, 0.1) is 0 Å². The van der Waals surface area contributed by atoms with E-state index in [4.69, 9.17) is 0 Å². The Balaban J connectivity index is 1.91. The molecule has 3 rings (SSSR count). The van der Waals surface area contributed by atoms with Crippen LogP contribution in [0.5, 0.6) is 0 Å². The number of nitrogens with one attached hydrogen (secondary N) is 1. The van der Waals surface area contributed by atoms with Crippen LogP contribution in [-0.4, -0.2) is 10.7 Å². The average molecular weight is 281 g/mol. The van der Waals surface area contributed by atoms with Crippen LogP contribution < -0.4 is 5.32 Å². The Morgan fingerprint density at radius 1 is 0.810 bits per heavy atom. The van der Waals surface area contributed by atoms with Crippen molar-refractivity contribution < 1.29 is 5.11 Å². The maximum absolute atomic E-state index is 11.2. The topological polar surface area (TPSA) is 32.3 Å². The van der Waals surface area contributed by atoms with E-state index in [0.29, 0.717) is 0 Å². The van der Waals surface area contributed by atoms with Gasteiger partial charge in [-0.1, -0.05) is 67.8 Å². The third kappa shape index (κ3) is 3.27. The fourth-order valence-electron chi connectivity index (χ4n) is 3.33. The Hall–Kier alpha value is -1.80. The highest BCUT2D eigenvalue weighted by atomic mass is 16.3. The maximum Gasteiger partial charge on any atom is 0.0889 e. The second kappa shape index (κ2) is 6.31. The molecule has 1 aliphatic carbocycles. The van der Waals surface area contributed by atoms with Gasteiger partial charge in [-0.2, -0.15) is 0 Å². The summed E-state index contributed by atoms with van der Waals surface area (Å²) in [7, 11) is 0. The van der Waals surface area contributed by atoms with Crippen molar-refractivity contribution in [1.29, 1.82) is 0 Å². The molecule has 110 valence electrons. The SMILES string of the molecule is OC1(C(Nc2ccccc2)c2ccccc2)CCCCC1. The van der Waals surface area contributed by atoms with Crippen molar-refractivity contribution in [3.8, 4) is 0 Å². The minimum atomic E-state index is -0.657.